The molecule has 31 heavy (non-hydrogen) atoms. The molecule has 160 valence electrons. The van der Waals surface area contributed by atoms with Crippen molar-refractivity contribution in [2.75, 3.05) is 18.9 Å². The molecule has 1 atom stereocenters. The van der Waals surface area contributed by atoms with Gasteiger partial charge >= 0.3 is 0 Å². The van der Waals surface area contributed by atoms with Gasteiger partial charge in [0.1, 0.15) is 12.4 Å². The van der Waals surface area contributed by atoms with Gasteiger partial charge in [0.25, 0.3) is 5.91 Å². The molecule has 4 rings (SSSR count). The van der Waals surface area contributed by atoms with Crippen LogP contribution in [0.15, 0.2) is 48.7 Å². The van der Waals surface area contributed by atoms with E-state index in [1.807, 2.05) is 48.2 Å². The van der Waals surface area contributed by atoms with Gasteiger partial charge in [-0.15, -0.1) is 0 Å². The summed E-state index contributed by atoms with van der Waals surface area (Å²) in [7, 11) is 0. The summed E-state index contributed by atoms with van der Waals surface area (Å²) < 4.78 is 6.13. The van der Waals surface area contributed by atoms with Crippen molar-refractivity contribution < 1.29 is 9.53 Å². The molecule has 2 heterocycles. The maximum atomic E-state index is 13.7. The number of pyridine rings is 1. The van der Waals surface area contributed by atoms with Crippen molar-refractivity contribution in [1.29, 1.82) is 5.41 Å². The fourth-order valence-electron chi connectivity index (χ4n) is 4.37. The Labute approximate surface area is 182 Å². The minimum atomic E-state index is -0.0344. The highest BCUT2D eigenvalue weighted by atomic mass is 16.5. The number of para-hydroxylation sites is 1. The minimum absolute atomic E-state index is 0.0282. The van der Waals surface area contributed by atoms with Crippen LogP contribution in [-0.4, -0.2) is 40.7 Å². The quantitative estimate of drug-likeness (QED) is 0.470. The van der Waals surface area contributed by atoms with E-state index in [-0.39, 0.29) is 11.9 Å². The fraction of sp³-hybridized carbons (Fsp3) is 0.320. The maximum absolute atomic E-state index is 13.7. The van der Waals surface area contributed by atoms with Gasteiger partial charge in [-0.2, -0.15) is 0 Å². The van der Waals surface area contributed by atoms with Crippen molar-refractivity contribution in [1.82, 2.24) is 9.88 Å². The van der Waals surface area contributed by atoms with Crippen molar-refractivity contribution in [3.63, 3.8) is 0 Å². The molecular formula is C25H28N4O2. The van der Waals surface area contributed by atoms with E-state index in [9.17, 15) is 4.79 Å². The molecule has 0 aliphatic carbocycles. The second-order valence-corrected chi connectivity index (χ2v) is 8.14. The number of hydrogen-bond donors (Lipinski definition) is 2. The lowest BCUT2D eigenvalue weighted by Gasteiger charge is -2.36. The number of nitrogens with one attached hydrogen (secondary N) is 1. The zero-order chi connectivity index (χ0) is 22.0. The van der Waals surface area contributed by atoms with Crippen molar-refractivity contribution >= 4 is 28.2 Å². The summed E-state index contributed by atoms with van der Waals surface area (Å²) >= 11 is 0. The number of benzene rings is 2. The van der Waals surface area contributed by atoms with Gasteiger partial charge in [-0.05, 0) is 56.9 Å². The van der Waals surface area contributed by atoms with E-state index in [1.54, 1.807) is 19.2 Å². The van der Waals surface area contributed by atoms with E-state index in [0.717, 1.165) is 41.3 Å². The standard InChI is InChI=1S/C25H28N4O2/c1-16-14-28-21-11-4-3-9-19(21)23(16)25(30)29-13-6-5-8-18(29)15-31-22-12-7-10-20(27)24(22)17(2)26/h3-4,7,9-12,14,18,26H,5-6,8,13,15,27H2,1-2H3. The molecule has 0 saturated carbocycles. The molecule has 6 nitrogen and oxygen atoms in total. The van der Waals surface area contributed by atoms with Gasteiger partial charge in [-0.25, -0.2) is 0 Å². The van der Waals surface area contributed by atoms with Crippen molar-refractivity contribution in [2.24, 2.45) is 0 Å². The molecule has 3 N–H and O–H groups in total. The van der Waals surface area contributed by atoms with E-state index < -0.39 is 0 Å². The molecule has 1 aliphatic heterocycles. The van der Waals surface area contributed by atoms with Gasteiger partial charge in [0.05, 0.1) is 22.7 Å². The lowest BCUT2D eigenvalue weighted by atomic mass is 9.98. The number of amides is 1. The highest BCUT2D eigenvalue weighted by Crippen LogP contribution is 2.28. The van der Waals surface area contributed by atoms with Crippen LogP contribution in [0.3, 0.4) is 0 Å². The van der Waals surface area contributed by atoms with E-state index in [4.69, 9.17) is 15.9 Å². The number of ether oxygens (including phenoxy) is 1. The lowest BCUT2D eigenvalue weighted by Crippen LogP contribution is -2.47. The number of hydrogen-bond acceptors (Lipinski definition) is 5. The summed E-state index contributed by atoms with van der Waals surface area (Å²) in [5, 5.41) is 8.91. The van der Waals surface area contributed by atoms with Crippen LogP contribution in [0.25, 0.3) is 10.9 Å². The first-order chi connectivity index (χ1) is 15.0. The largest absolute Gasteiger partial charge is 0.491 e. The summed E-state index contributed by atoms with van der Waals surface area (Å²) in [6.45, 7) is 4.72. The van der Waals surface area contributed by atoms with Gasteiger partial charge in [0.2, 0.25) is 0 Å². The molecule has 1 aromatic heterocycles. The summed E-state index contributed by atoms with van der Waals surface area (Å²) in [6, 6.07) is 13.2. The molecular weight excluding hydrogens is 388 g/mol. The van der Waals surface area contributed by atoms with E-state index in [2.05, 4.69) is 4.98 Å². The number of likely N-dealkylation sites (tertiary alicyclic amines) is 1. The fourth-order valence-corrected chi connectivity index (χ4v) is 4.37. The number of aryl methyl sites for hydroxylation is 1. The van der Waals surface area contributed by atoms with Crippen molar-refractivity contribution in [3.8, 4) is 5.75 Å². The van der Waals surface area contributed by atoms with Crippen LogP contribution >= 0.6 is 0 Å². The summed E-state index contributed by atoms with van der Waals surface area (Å²) in [5.41, 5.74) is 10.00. The molecule has 0 bridgehead atoms. The molecule has 3 aromatic rings. The lowest BCUT2D eigenvalue weighted by molar-refractivity contribution is 0.0529. The second-order valence-electron chi connectivity index (χ2n) is 8.14. The number of piperidine rings is 1. The van der Waals surface area contributed by atoms with Crippen LogP contribution in [0.5, 0.6) is 5.75 Å². The average Bonchev–Trinajstić information content (AvgIpc) is 2.77. The number of nitrogens with two attached hydrogens (primary N) is 1. The predicted molar refractivity (Wildman–Crippen MR) is 124 cm³/mol. The number of rotatable bonds is 5. The van der Waals surface area contributed by atoms with Gasteiger partial charge in [-0.1, -0.05) is 24.3 Å². The molecule has 2 aromatic carbocycles. The molecule has 1 saturated heterocycles. The zero-order valence-corrected chi connectivity index (χ0v) is 18.0. The van der Waals surface area contributed by atoms with Crippen LogP contribution in [0.1, 0.15) is 47.7 Å². The highest BCUT2D eigenvalue weighted by molar-refractivity contribution is 6.07. The minimum Gasteiger partial charge on any atom is -0.491 e. The Hall–Kier alpha value is -3.41. The van der Waals surface area contributed by atoms with Gasteiger partial charge in [0.15, 0.2) is 0 Å². The molecule has 6 heteroatoms. The Kier molecular flexibility index (Phi) is 5.89. The molecule has 1 unspecified atom stereocenters. The van der Waals surface area contributed by atoms with Gasteiger partial charge < -0.3 is 20.8 Å². The molecule has 1 amide bonds. The topological polar surface area (TPSA) is 92.3 Å². The summed E-state index contributed by atoms with van der Waals surface area (Å²) in [5.74, 6) is 0.622. The number of carbonyl (C=O) groups excluding carboxylic acids is 1. The third-order valence-electron chi connectivity index (χ3n) is 5.93. The zero-order valence-electron chi connectivity index (χ0n) is 18.0. The monoisotopic (exact) mass is 416 g/mol. The van der Waals surface area contributed by atoms with Crippen molar-refractivity contribution in [3.05, 3.63) is 65.4 Å². The molecule has 1 fully saturated rings. The highest BCUT2D eigenvalue weighted by Gasteiger charge is 2.30. The SMILES string of the molecule is CC(=N)c1c(N)cccc1OCC1CCCCN1C(=O)c1c(C)cnc2ccccc12. The Morgan fingerprint density at radius 2 is 2.00 bits per heavy atom. The van der Waals surface area contributed by atoms with Crippen LogP contribution in [0.4, 0.5) is 5.69 Å². The van der Waals surface area contributed by atoms with E-state index in [0.29, 0.717) is 35.9 Å². The second kappa shape index (κ2) is 8.76. The number of nitrogen functional groups attached to an aromatic ring is 1. The average molecular weight is 417 g/mol. The Morgan fingerprint density at radius 1 is 1.19 bits per heavy atom. The van der Waals surface area contributed by atoms with E-state index >= 15 is 0 Å². The molecule has 0 spiro atoms. The van der Waals surface area contributed by atoms with Crippen LogP contribution in [0.2, 0.25) is 0 Å². The predicted octanol–water partition coefficient (Wildman–Crippen LogP) is 4.59. The molecule has 0 radical (unpaired) electrons. The first-order valence-electron chi connectivity index (χ1n) is 10.7. The number of fused-ring (bicyclic) bond motifs is 1. The first kappa shape index (κ1) is 20.8. The third-order valence-corrected chi connectivity index (χ3v) is 5.93. The van der Waals surface area contributed by atoms with Crippen LogP contribution < -0.4 is 10.5 Å². The van der Waals surface area contributed by atoms with Crippen molar-refractivity contribution in [2.45, 2.75) is 39.2 Å². The van der Waals surface area contributed by atoms with Gasteiger partial charge in [-0.3, -0.25) is 9.78 Å². The number of aromatic nitrogens is 1. The first-order valence-corrected chi connectivity index (χ1v) is 10.7. The third kappa shape index (κ3) is 4.10. The number of carbonyl (C=O) groups is 1. The molecule has 1 aliphatic rings. The Bertz CT molecular complexity index is 1140. The van der Waals surface area contributed by atoms with Crippen LogP contribution in [-0.2, 0) is 0 Å². The van der Waals surface area contributed by atoms with Crippen LogP contribution in [0, 0.1) is 12.3 Å². The van der Waals surface area contributed by atoms with E-state index in [1.165, 1.54) is 0 Å². The summed E-state index contributed by atoms with van der Waals surface area (Å²) in [6.07, 6.45) is 4.70. The number of nitrogens with zero attached hydrogens (tertiary/aromatic N) is 2. The normalized spacial score (nSPS) is 16.3. The van der Waals surface area contributed by atoms with Gasteiger partial charge in [0, 0.05) is 29.5 Å². The smallest absolute Gasteiger partial charge is 0.255 e. The maximum Gasteiger partial charge on any atom is 0.255 e. The summed E-state index contributed by atoms with van der Waals surface area (Å²) in [4.78, 5) is 20.1. The number of anilines is 1. The Morgan fingerprint density at radius 3 is 2.81 bits per heavy atom. The Balaban J connectivity index is 1.61.